The first-order valence-electron chi connectivity index (χ1n) is 6.31. The summed E-state index contributed by atoms with van der Waals surface area (Å²) in [7, 11) is 0. The second-order valence-corrected chi connectivity index (χ2v) is 6.59. The van der Waals surface area contributed by atoms with E-state index < -0.39 is 0 Å². The first kappa shape index (κ1) is 12.9. The van der Waals surface area contributed by atoms with Gasteiger partial charge < -0.3 is 5.11 Å². The van der Waals surface area contributed by atoms with Gasteiger partial charge in [-0.15, -0.1) is 0 Å². The lowest BCUT2D eigenvalue weighted by Crippen LogP contribution is -2.38. The fourth-order valence-corrected chi connectivity index (χ4v) is 3.38. The van der Waals surface area contributed by atoms with E-state index in [9.17, 15) is 5.11 Å². The standard InChI is InChI=1S/C15H21ClO/c1-9(2)14-11-7-10(16)5-6-12(11)15(3,4)8-13(14)17/h5-7,9,13-14,17H,8H2,1-4H3. The van der Waals surface area contributed by atoms with Gasteiger partial charge in [0, 0.05) is 10.9 Å². The minimum Gasteiger partial charge on any atom is -0.392 e. The molecule has 1 N–H and O–H groups in total. The Hall–Kier alpha value is -0.530. The molecule has 94 valence electrons. The molecule has 2 heteroatoms. The fraction of sp³-hybridized carbons (Fsp3) is 0.600. The maximum absolute atomic E-state index is 10.4. The molecule has 1 aromatic carbocycles. The van der Waals surface area contributed by atoms with Crippen molar-refractivity contribution < 1.29 is 5.11 Å². The number of hydrogen-bond donors (Lipinski definition) is 1. The lowest BCUT2D eigenvalue weighted by molar-refractivity contribution is 0.0800. The van der Waals surface area contributed by atoms with Gasteiger partial charge in [-0.2, -0.15) is 0 Å². The highest BCUT2D eigenvalue weighted by Crippen LogP contribution is 2.46. The van der Waals surface area contributed by atoms with Crippen molar-refractivity contribution in [3.63, 3.8) is 0 Å². The zero-order valence-corrected chi connectivity index (χ0v) is 11.8. The molecule has 0 aliphatic heterocycles. The summed E-state index contributed by atoms with van der Waals surface area (Å²) in [4.78, 5) is 0. The summed E-state index contributed by atoms with van der Waals surface area (Å²) in [5, 5.41) is 11.1. The Morgan fingerprint density at radius 2 is 2.00 bits per heavy atom. The van der Waals surface area contributed by atoms with Crippen LogP contribution in [0.5, 0.6) is 0 Å². The third kappa shape index (κ3) is 2.23. The summed E-state index contributed by atoms with van der Waals surface area (Å²) in [6.07, 6.45) is 0.556. The van der Waals surface area contributed by atoms with Gasteiger partial charge in [-0.1, -0.05) is 45.4 Å². The van der Waals surface area contributed by atoms with Gasteiger partial charge in [-0.25, -0.2) is 0 Å². The number of aliphatic hydroxyl groups excluding tert-OH is 1. The summed E-state index contributed by atoms with van der Waals surface area (Å²) in [5.41, 5.74) is 2.60. The molecule has 1 aliphatic rings. The van der Waals surface area contributed by atoms with Crippen LogP contribution in [0.3, 0.4) is 0 Å². The summed E-state index contributed by atoms with van der Waals surface area (Å²) < 4.78 is 0. The van der Waals surface area contributed by atoms with Gasteiger partial charge in [0.2, 0.25) is 0 Å². The topological polar surface area (TPSA) is 20.2 Å². The molecule has 17 heavy (non-hydrogen) atoms. The molecule has 0 amide bonds. The van der Waals surface area contributed by atoms with Gasteiger partial charge >= 0.3 is 0 Å². The summed E-state index contributed by atoms with van der Waals surface area (Å²) in [6.45, 7) is 8.72. The second kappa shape index (κ2) is 4.29. The van der Waals surface area contributed by atoms with Crippen molar-refractivity contribution in [2.24, 2.45) is 5.92 Å². The molecule has 0 saturated heterocycles. The molecular weight excluding hydrogens is 232 g/mol. The van der Waals surface area contributed by atoms with Gasteiger partial charge in [-0.05, 0) is 41.0 Å². The van der Waals surface area contributed by atoms with E-state index >= 15 is 0 Å². The number of hydrogen-bond acceptors (Lipinski definition) is 1. The first-order chi connectivity index (χ1) is 7.83. The monoisotopic (exact) mass is 252 g/mol. The Morgan fingerprint density at radius 3 is 2.59 bits per heavy atom. The Morgan fingerprint density at radius 1 is 1.35 bits per heavy atom. The smallest absolute Gasteiger partial charge is 0.0619 e. The zero-order valence-electron chi connectivity index (χ0n) is 11.0. The van der Waals surface area contributed by atoms with E-state index in [-0.39, 0.29) is 17.4 Å². The Balaban J connectivity index is 2.59. The highest BCUT2D eigenvalue weighted by atomic mass is 35.5. The quantitative estimate of drug-likeness (QED) is 0.797. The van der Waals surface area contributed by atoms with Crippen molar-refractivity contribution >= 4 is 11.6 Å². The third-order valence-electron chi connectivity index (χ3n) is 3.95. The Kier molecular flexibility index (Phi) is 3.26. The van der Waals surface area contributed by atoms with E-state index in [0.717, 1.165) is 11.4 Å². The lowest BCUT2D eigenvalue weighted by Gasteiger charge is -2.42. The van der Waals surface area contributed by atoms with Gasteiger partial charge in [0.25, 0.3) is 0 Å². The van der Waals surface area contributed by atoms with E-state index in [2.05, 4.69) is 33.8 Å². The molecule has 0 bridgehead atoms. The van der Waals surface area contributed by atoms with Crippen molar-refractivity contribution in [3.05, 3.63) is 34.3 Å². The molecule has 0 fully saturated rings. The molecule has 2 atom stereocenters. The average Bonchev–Trinajstić information content (AvgIpc) is 2.14. The molecule has 0 heterocycles. The van der Waals surface area contributed by atoms with E-state index in [1.54, 1.807) is 0 Å². The number of rotatable bonds is 1. The molecule has 0 spiro atoms. The van der Waals surface area contributed by atoms with Crippen molar-refractivity contribution in [2.45, 2.75) is 51.6 Å². The second-order valence-electron chi connectivity index (χ2n) is 6.16. The van der Waals surface area contributed by atoms with Crippen LogP contribution in [0, 0.1) is 5.92 Å². The van der Waals surface area contributed by atoms with E-state index in [1.165, 1.54) is 11.1 Å². The number of aliphatic hydroxyl groups is 1. The van der Waals surface area contributed by atoms with E-state index in [4.69, 9.17) is 11.6 Å². The van der Waals surface area contributed by atoms with E-state index in [1.807, 2.05) is 12.1 Å². The Bertz CT molecular complexity index is 423. The van der Waals surface area contributed by atoms with Gasteiger partial charge in [0.05, 0.1) is 6.10 Å². The fourth-order valence-electron chi connectivity index (χ4n) is 3.20. The molecule has 0 saturated carbocycles. The third-order valence-corrected chi connectivity index (χ3v) is 4.19. The summed E-state index contributed by atoms with van der Waals surface area (Å²) in [6, 6.07) is 6.11. The SMILES string of the molecule is CC(C)C1c2cc(Cl)ccc2C(C)(C)CC1O. The van der Waals surface area contributed by atoms with Crippen LogP contribution in [0.15, 0.2) is 18.2 Å². The van der Waals surface area contributed by atoms with Gasteiger partial charge in [-0.3, -0.25) is 0 Å². The number of fused-ring (bicyclic) bond motifs is 1. The van der Waals surface area contributed by atoms with E-state index in [0.29, 0.717) is 5.92 Å². The van der Waals surface area contributed by atoms with Crippen molar-refractivity contribution in [2.75, 3.05) is 0 Å². The summed E-state index contributed by atoms with van der Waals surface area (Å²) >= 11 is 6.11. The number of benzene rings is 1. The highest BCUT2D eigenvalue weighted by molar-refractivity contribution is 6.30. The van der Waals surface area contributed by atoms with Crippen LogP contribution in [0.4, 0.5) is 0 Å². The van der Waals surface area contributed by atoms with Crippen LogP contribution in [-0.2, 0) is 5.41 Å². The Labute approximate surface area is 109 Å². The van der Waals surface area contributed by atoms with Gasteiger partial charge in [0.1, 0.15) is 0 Å². The first-order valence-corrected chi connectivity index (χ1v) is 6.69. The maximum Gasteiger partial charge on any atom is 0.0619 e. The number of halogens is 1. The molecular formula is C15H21ClO. The predicted octanol–water partition coefficient (Wildman–Crippen LogP) is 4.12. The van der Waals surface area contributed by atoms with Crippen LogP contribution < -0.4 is 0 Å². The van der Waals surface area contributed by atoms with Crippen LogP contribution in [0.1, 0.15) is 51.2 Å². The summed E-state index contributed by atoms with van der Waals surface area (Å²) in [5.74, 6) is 0.634. The van der Waals surface area contributed by atoms with Crippen LogP contribution in [0.25, 0.3) is 0 Å². The van der Waals surface area contributed by atoms with Crippen molar-refractivity contribution in [3.8, 4) is 0 Å². The van der Waals surface area contributed by atoms with Crippen LogP contribution >= 0.6 is 11.6 Å². The van der Waals surface area contributed by atoms with Crippen LogP contribution in [-0.4, -0.2) is 11.2 Å². The molecule has 1 nitrogen and oxygen atoms in total. The largest absolute Gasteiger partial charge is 0.392 e. The molecule has 2 rings (SSSR count). The van der Waals surface area contributed by atoms with Crippen molar-refractivity contribution in [1.82, 2.24) is 0 Å². The lowest BCUT2D eigenvalue weighted by atomic mass is 9.65. The average molecular weight is 253 g/mol. The molecule has 2 unspecified atom stereocenters. The van der Waals surface area contributed by atoms with Gasteiger partial charge in [0.15, 0.2) is 0 Å². The molecule has 0 radical (unpaired) electrons. The molecule has 0 aromatic heterocycles. The highest BCUT2D eigenvalue weighted by Gasteiger charge is 2.39. The molecule has 1 aromatic rings. The minimum absolute atomic E-state index is 0.0325. The molecule has 1 aliphatic carbocycles. The minimum atomic E-state index is -0.268. The van der Waals surface area contributed by atoms with Crippen LogP contribution in [0.2, 0.25) is 5.02 Å². The van der Waals surface area contributed by atoms with Crippen molar-refractivity contribution in [1.29, 1.82) is 0 Å². The normalized spacial score (nSPS) is 27.0. The zero-order chi connectivity index (χ0) is 12.8. The maximum atomic E-state index is 10.4. The predicted molar refractivity (Wildman–Crippen MR) is 72.7 cm³/mol.